The number of hydrogen-bond donors (Lipinski definition) is 3. The van der Waals surface area contributed by atoms with Crippen molar-refractivity contribution in [3.8, 4) is 0 Å². The molecule has 0 aromatic carbocycles. The molecule has 0 fully saturated rings. The van der Waals surface area contributed by atoms with Crippen molar-refractivity contribution in [1.82, 2.24) is 16.0 Å². The van der Waals surface area contributed by atoms with E-state index in [-0.39, 0.29) is 25.0 Å². The van der Waals surface area contributed by atoms with Crippen LogP contribution in [0.3, 0.4) is 0 Å². The molecule has 130 valence electrons. The van der Waals surface area contributed by atoms with E-state index in [4.69, 9.17) is 4.74 Å². The SMILES string of the molecule is CCNC(=O)C(C)CC(/C=C/C(=O)OCC)NC(=O)CNC=O. The van der Waals surface area contributed by atoms with Gasteiger partial charge in [-0.2, -0.15) is 0 Å². The lowest BCUT2D eigenvalue weighted by Crippen LogP contribution is -2.41. The summed E-state index contributed by atoms with van der Waals surface area (Å²) in [5.74, 6) is -1.43. The van der Waals surface area contributed by atoms with Crippen LogP contribution in [-0.4, -0.2) is 49.9 Å². The maximum Gasteiger partial charge on any atom is 0.330 e. The highest BCUT2D eigenvalue weighted by molar-refractivity contribution is 5.83. The zero-order chi connectivity index (χ0) is 17.7. The standard InChI is InChI=1S/C15H25N3O5/c1-4-17-15(22)11(3)8-12(6-7-14(21)23-5-2)18-13(20)9-16-10-19/h6-7,10-12H,4-5,8-9H2,1-3H3,(H,16,19)(H,17,22)(H,18,20)/b7-6+. The van der Waals surface area contributed by atoms with Crippen LogP contribution in [0.1, 0.15) is 27.2 Å². The van der Waals surface area contributed by atoms with Crippen molar-refractivity contribution in [3.63, 3.8) is 0 Å². The predicted octanol–water partition coefficient (Wildman–Crippen LogP) is -0.501. The molecular weight excluding hydrogens is 302 g/mol. The second-order valence-corrected chi connectivity index (χ2v) is 4.82. The maximum absolute atomic E-state index is 11.8. The van der Waals surface area contributed by atoms with E-state index in [2.05, 4.69) is 16.0 Å². The summed E-state index contributed by atoms with van der Waals surface area (Å²) in [5.41, 5.74) is 0. The Labute approximate surface area is 136 Å². The van der Waals surface area contributed by atoms with E-state index in [1.165, 1.54) is 12.2 Å². The largest absolute Gasteiger partial charge is 0.463 e. The molecule has 0 aliphatic rings. The summed E-state index contributed by atoms with van der Waals surface area (Å²) in [4.78, 5) is 45.0. The van der Waals surface area contributed by atoms with Gasteiger partial charge in [0.05, 0.1) is 13.2 Å². The Morgan fingerprint density at radius 2 is 1.91 bits per heavy atom. The fourth-order valence-electron chi connectivity index (χ4n) is 1.80. The van der Waals surface area contributed by atoms with Gasteiger partial charge in [0.2, 0.25) is 18.2 Å². The van der Waals surface area contributed by atoms with Crippen molar-refractivity contribution in [2.24, 2.45) is 5.92 Å². The number of ether oxygens (including phenoxy) is 1. The minimum Gasteiger partial charge on any atom is -0.463 e. The molecule has 3 N–H and O–H groups in total. The van der Waals surface area contributed by atoms with Crippen molar-refractivity contribution < 1.29 is 23.9 Å². The highest BCUT2D eigenvalue weighted by Crippen LogP contribution is 2.08. The first-order valence-corrected chi connectivity index (χ1v) is 7.53. The van der Waals surface area contributed by atoms with Gasteiger partial charge in [-0.25, -0.2) is 4.79 Å². The van der Waals surface area contributed by atoms with Crippen molar-refractivity contribution in [2.45, 2.75) is 33.2 Å². The number of rotatable bonds is 11. The molecule has 8 nitrogen and oxygen atoms in total. The molecule has 0 saturated carbocycles. The molecule has 0 rings (SSSR count). The van der Waals surface area contributed by atoms with E-state index < -0.39 is 17.9 Å². The molecule has 0 radical (unpaired) electrons. The van der Waals surface area contributed by atoms with Gasteiger partial charge >= 0.3 is 5.97 Å². The topological polar surface area (TPSA) is 114 Å². The van der Waals surface area contributed by atoms with Gasteiger partial charge in [-0.3, -0.25) is 14.4 Å². The Morgan fingerprint density at radius 1 is 1.22 bits per heavy atom. The fraction of sp³-hybridized carbons (Fsp3) is 0.600. The van der Waals surface area contributed by atoms with Crippen LogP contribution in [-0.2, 0) is 23.9 Å². The molecule has 0 aliphatic heterocycles. The highest BCUT2D eigenvalue weighted by atomic mass is 16.5. The second-order valence-electron chi connectivity index (χ2n) is 4.82. The lowest BCUT2D eigenvalue weighted by molar-refractivity contribution is -0.137. The summed E-state index contributed by atoms with van der Waals surface area (Å²) in [5, 5.41) is 7.59. The van der Waals surface area contributed by atoms with Crippen LogP contribution >= 0.6 is 0 Å². The third-order valence-corrected chi connectivity index (χ3v) is 2.85. The number of hydrogen-bond acceptors (Lipinski definition) is 5. The molecular formula is C15H25N3O5. The van der Waals surface area contributed by atoms with Gasteiger partial charge in [-0.1, -0.05) is 13.0 Å². The van der Waals surface area contributed by atoms with Crippen LogP contribution in [0.2, 0.25) is 0 Å². The first-order valence-electron chi connectivity index (χ1n) is 7.53. The molecule has 0 aliphatic carbocycles. The molecule has 2 unspecified atom stereocenters. The number of carbonyl (C=O) groups excluding carboxylic acids is 4. The van der Waals surface area contributed by atoms with Gasteiger partial charge in [-0.05, 0) is 20.3 Å². The van der Waals surface area contributed by atoms with E-state index >= 15 is 0 Å². The number of amides is 3. The molecule has 0 bridgehead atoms. The van der Waals surface area contributed by atoms with Gasteiger partial charge in [0, 0.05) is 24.6 Å². The summed E-state index contributed by atoms with van der Waals surface area (Å²) in [6, 6.07) is -0.530. The Morgan fingerprint density at radius 3 is 2.48 bits per heavy atom. The number of nitrogens with one attached hydrogen (secondary N) is 3. The van der Waals surface area contributed by atoms with Crippen molar-refractivity contribution >= 4 is 24.2 Å². The molecule has 0 aromatic heterocycles. The normalized spacial score (nSPS) is 13.0. The summed E-state index contributed by atoms with van der Waals surface area (Å²) in [6.07, 6.45) is 3.42. The first kappa shape index (κ1) is 20.6. The molecule has 2 atom stereocenters. The Balaban J connectivity index is 4.77. The van der Waals surface area contributed by atoms with Gasteiger partial charge in [0.1, 0.15) is 0 Å². The summed E-state index contributed by atoms with van der Waals surface area (Å²) >= 11 is 0. The van der Waals surface area contributed by atoms with Crippen LogP contribution in [0, 0.1) is 5.92 Å². The van der Waals surface area contributed by atoms with E-state index in [1.807, 2.05) is 6.92 Å². The maximum atomic E-state index is 11.8. The average molecular weight is 327 g/mol. The van der Waals surface area contributed by atoms with Crippen LogP contribution in [0.5, 0.6) is 0 Å². The molecule has 0 heterocycles. The zero-order valence-corrected chi connectivity index (χ0v) is 13.8. The smallest absolute Gasteiger partial charge is 0.330 e. The zero-order valence-electron chi connectivity index (χ0n) is 13.8. The molecule has 23 heavy (non-hydrogen) atoms. The van der Waals surface area contributed by atoms with Gasteiger partial charge in [0.15, 0.2) is 0 Å². The fourth-order valence-corrected chi connectivity index (χ4v) is 1.80. The second kappa shape index (κ2) is 12.2. The Kier molecular flexibility index (Phi) is 10.9. The van der Waals surface area contributed by atoms with Gasteiger partial charge < -0.3 is 20.7 Å². The number of esters is 1. The Hall–Kier alpha value is -2.38. The van der Waals surface area contributed by atoms with Crippen LogP contribution in [0.25, 0.3) is 0 Å². The van der Waals surface area contributed by atoms with Crippen LogP contribution < -0.4 is 16.0 Å². The summed E-state index contributed by atoms with van der Waals surface area (Å²) in [7, 11) is 0. The molecule has 0 aromatic rings. The lowest BCUT2D eigenvalue weighted by Gasteiger charge is -2.19. The quantitative estimate of drug-likeness (QED) is 0.269. The van der Waals surface area contributed by atoms with E-state index in [0.29, 0.717) is 19.4 Å². The van der Waals surface area contributed by atoms with Crippen LogP contribution in [0.15, 0.2) is 12.2 Å². The van der Waals surface area contributed by atoms with Gasteiger partial charge in [0.25, 0.3) is 0 Å². The van der Waals surface area contributed by atoms with Crippen molar-refractivity contribution in [1.29, 1.82) is 0 Å². The van der Waals surface area contributed by atoms with Crippen LogP contribution in [0.4, 0.5) is 0 Å². The summed E-state index contributed by atoms with van der Waals surface area (Å²) < 4.78 is 4.78. The van der Waals surface area contributed by atoms with E-state index in [9.17, 15) is 19.2 Å². The van der Waals surface area contributed by atoms with Crippen molar-refractivity contribution in [2.75, 3.05) is 19.7 Å². The lowest BCUT2D eigenvalue weighted by atomic mass is 10.00. The molecule has 0 spiro atoms. The minimum atomic E-state index is -0.530. The third-order valence-electron chi connectivity index (χ3n) is 2.85. The molecule has 3 amide bonds. The Bertz CT molecular complexity index is 437. The molecule has 8 heteroatoms. The van der Waals surface area contributed by atoms with E-state index in [1.54, 1.807) is 13.8 Å². The monoisotopic (exact) mass is 327 g/mol. The third kappa shape index (κ3) is 10.0. The van der Waals surface area contributed by atoms with Gasteiger partial charge in [-0.15, -0.1) is 0 Å². The van der Waals surface area contributed by atoms with E-state index in [0.717, 1.165) is 0 Å². The first-order chi connectivity index (χ1) is 10.9. The average Bonchev–Trinajstić information content (AvgIpc) is 2.51. The van der Waals surface area contributed by atoms with Crippen molar-refractivity contribution in [3.05, 3.63) is 12.2 Å². The predicted molar refractivity (Wildman–Crippen MR) is 84.2 cm³/mol. The highest BCUT2D eigenvalue weighted by Gasteiger charge is 2.18. The summed E-state index contributed by atoms with van der Waals surface area (Å²) in [6.45, 7) is 5.82. The molecule has 0 saturated heterocycles. The number of carbonyl (C=O) groups is 4. The minimum absolute atomic E-state index is 0.137.